The van der Waals surface area contributed by atoms with E-state index in [-0.39, 0.29) is 0 Å². The van der Waals surface area contributed by atoms with Crippen LogP contribution in [0.1, 0.15) is 56.2 Å². The largest absolute Gasteiger partial charge is 0.376 e. The predicted molar refractivity (Wildman–Crippen MR) is 80.4 cm³/mol. The molecule has 0 saturated heterocycles. The van der Waals surface area contributed by atoms with Gasteiger partial charge in [-0.15, -0.1) is 0 Å². The molecule has 2 unspecified atom stereocenters. The summed E-state index contributed by atoms with van der Waals surface area (Å²) < 4.78 is 6.13. The molecular formula is C17H27NO. The van der Waals surface area contributed by atoms with E-state index in [1.165, 1.54) is 36.8 Å². The lowest BCUT2D eigenvalue weighted by molar-refractivity contribution is 0.0154. The highest BCUT2D eigenvalue weighted by Gasteiger charge is 2.28. The van der Waals surface area contributed by atoms with Crippen LogP contribution in [-0.4, -0.2) is 19.8 Å². The second-order valence-corrected chi connectivity index (χ2v) is 5.47. The summed E-state index contributed by atoms with van der Waals surface area (Å²) in [5.41, 5.74) is 2.91. The van der Waals surface area contributed by atoms with E-state index in [2.05, 4.69) is 36.5 Å². The summed E-state index contributed by atoms with van der Waals surface area (Å²) in [5, 5.41) is 3.44. The van der Waals surface area contributed by atoms with Crippen molar-refractivity contribution >= 4 is 0 Å². The number of benzene rings is 1. The maximum absolute atomic E-state index is 6.13. The minimum absolute atomic E-state index is 0.335. The van der Waals surface area contributed by atoms with E-state index in [4.69, 9.17) is 4.74 Å². The molecule has 0 aromatic heterocycles. The van der Waals surface area contributed by atoms with Crippen molar-refractivity contribution < 1.29 is 4.74 Å². The van der Waals surface area contributed by atoms with Gasteiger partial charge in [0, 0.05) is 6.61 Å². The molecule has 1 aromatic rings. The molecule has 0 bridgehead atoms. The van der Waals surface area contributed by atoms with Crippen LogP contribution < -0.4 is 5.32 Å². The Morgan fingerprint density at radius 3 is 2.84 bits per heavy atom. The number of ether oxygens (including phenoxy) is 1. The van der Waals surface area contributed by atoms with Crippen molar-refractivity contribution in [3.8, 4) is 0 Å². The van der Waals surface area contributed by atoms with E-state index in [0.29, 0.717) is 12.1 Å². The molecule has 0 heterocycles. The van der Waals surface area contributed by atoms with Gasteiger partial charge in [0.25, 0.3) is 0 Å². The lowest BCUT2D eigenvalue weighted by Gasteiger charge is -2.33. The zero-order chi connectivity index (χ0) is 13.5. The maximum Gasteiger partial charge on any atom is 0.0772 e. The fourth-order valence-electron chi connectivity index (χ4n) is 3.01. The second-order valence-electron chi connectivity index (χ2n) is 5.47. The zero-order valence-corrected chi connectivity index (χ0v) is 12.3. The highest BCUT2D eigenvalue weighted by Crippen LogP contribution is 2.31. The van der Waals surface area contributed by atoms with Gasteiger partial charge in [0.1, 0.15) is 0 Å². The number of nitrogens with one attached hydrogen (secondary N) is 1. The number of hydrogen-bond acceptors (Lipinski definition) is 2. The summed E-state index contributed by atoms with van der Waals surface area (Å²) in [6.07, 6.45) is 7.72. The first-order valence-corrected chi connectivity index (χ1v) is 7.73. The number of hydrogen-bond donors (Lipinski definition) is 1. The minimum atomic E-state index is 0.335. The average Bonchev–Trinajstić information content (AvgIpc) is 2.46. The molecule has 2 nitrogen and oxygen atoms in total. The van der Waals surface area contributed by atoms with Crippen molar-refractivity contribution in [1.82, 2.24) is 5.32 Å². The minimum Gasteiger partial charge on any atom is -0.376 e. The van der Waals surface area contributed by atoms with Gasteiger partial charge >= 0.3 is 0 Å². The molecule has 2 rings (SSSR count). The number of fused-ring (bicyclic) bond motifs is 1. The molecule has 1 aromatic carbocycles. The van der Waals surface area contributed by atoms with Crippen LogP contribution in [0, 0.1) is 0 Å². The molecule has 0 spiro atoms. The summed E-state index contributed by atoms with van der Waals surface area (Å²) in [6, 6.07) is 9.11. The lowest BCUT2D eigenvalue weighted by atomic mass is 9.85. The number of likely N-dealkylation sites (N-methyl/N-ethyl adjacent to an activating group) is 1. The molecule has 2 atom stereocenters. The van der Waals surface area contributed by atoms with Gasteiger partial charge in [-0.25, -0.2) is 0 Å². The van der Waals surface area contributed by atoms with E-state index in [9.17, 15) is 0 Å². The molecule has 19 heavy (non-hydrogen) atoms. The van der Waals surface area contributed by atoms with Gasteiger partial charge in [-0.2, -0.15) is 0 Å². The van der Waals surface area contributed by atoms with E-state index in [1.54, 1.807) is 0 Å². The first-order valence-electron chi connectivity index (χ1n) is 7.73. The first-order chi connectivity index (χ1) is 9.36. The maximum atomic E-state index is 6.13. The highest BCUT2D eigenvalue weighted by atomic mass is 16.5. The zero-order valence-electron chi connectivity index (χ0n) is 12.3. The van der Waals surface area contributed by atoms with E-state index < -0.39 is 0 Å². The van der Waals surface area contributed by atoms with Crippen LogP contribution in [0.2, 0.25) is 0 Å². The molecule has 106 valence electrons. The van der Waals surface area contributed by atoms with Gasteiger partial charge in [0.2, 0.25) is 0 Å². The number of aryl methyl sites for hydroxylation is 1. The van der Waals surface area contributed by atoms with Crippen LogP contribution in [0.4, 0.5) is 0 Å². The Morgan fingerprint density at radius 1 is 1.21 bits per heavy atom. The van der Waals surface area contributed by atoms with Gasteiger partial charge in [-0.1, -0.05) is 50.5 Å². The van der Waals surface area contributed by atoms with Crippen molar-refractivity contribution in [3.63, 3.8) is 0 Å². The van der Waals surface area contributed by atoms with Crippen molar-refractivity contribution in [3.05, 3.63) is 35.4 Å². The van der Waals surface area contributed by atoms with Gasteiger partial charge < -0.3 is 10.1 Å². The van der Waals surface area contributed by atoms with E-state index in [1.807, 2.05) is 7.05 Å². The molecule has 1 aliphatic rings. The van der Waals surface area contributed by atoms with Crippen molar-refractivity contribution in [2.45, 2.75) is 57.6 Å². The molecule has 1 N–H and O–H groups in total. The van der Waals surface area contributed by atoms with Crippen molar-refractivity contribution in [2.24, 2.45) is 0 Å². The van der Waals surface area contributed by atoms with Crippen molar-refractivity contribution in [2.75, 3.05) is 13.7 Å². The molecule has 1 aliphatic carbocycles. The molecule has 0 aliphatic heterocycles. The third-order valence-electron chi connectivity index (χ3n) is 4.10. The fourth-order valence-corrected chi connectivity index (χ4v) is 3.01. The summed E-state index contributed by atoms with van der Waals surface area (Å²) >= 11 is 0. The lowest BCUT2D eigenvalue weighted by Crippen LogP contribution is -2.36. The fraction of sp³-hybridized carbons (Fsp3) is 0.647. The summed E-state index contributed by atoms with van der Waals surface area (Å²) in [7, 11) is 2.04. The molecular weight excluding hydrogens is 234 g/mol. The van der Waals surface area contributed by atoms with Gasteiger partial charge in [0.15, 0.2) is 0 Å². The molecule has 0 fully saturated rings. The Kier molecular flexibility index (Phi) is 5.87. The molecule has 0 radical (unpaired) electrons. The van der Waals surface area contributed by atoms with Gasteiger partial charge in [-0.05, 0) is 37.4 Å². The Hall–Kier alpha value is -0.860. The van der Waals surface area contributed by atoms with Gasteiger partial charge in [0.05, 0.1) is 12.1 Å². The molecule has 0 saturated carbocycles. The standard InChI is InChI=1S/C17H27NO/c1-3-4-5-8-13-19-16-12-11-14-9-6-7-10-15(14)17(16)18-2/h6-7,9-10,16-18H,3-5,8,11-13H2,1-2H3. The third kappa shape index (κ3) is 3.80. The topological polar surface area (TPSA) is 21.3 Å². The Balaban J connectivity index is 1.88. The second kappa shape index (κ2) is 7.66. The Bertz CT molecular complexity index is 377. The smallest absolute Gasteiger partial charge is 0.0772 e. The molecule has 2 heteroatoms. The van der Waals surface area contributed by atoms with Crippen LogP contribution in [-0.2, 0) is 11.2 Å². The van der Waals surface area contributed by atoms with Crippen LogP contribution in [0.3, 0.4) is 0 Å². The molecule has 0 amide bonds. The van der Waals surface area contributed by atoms with Crippen LogP contribution >= 0.6 is 0 Å². The van der Waals surface area contributed by atoms with Crippen molar-refractivity contribution in [1.29, 1.82) is 0 Å². The Labute approximate surface area is 117 Å². The average molecular weight is 261 g/mol. The first kappa shape index (κ1) is 14.5. The van der Waals surface area contributed by atoms with Gasteiger partial charge in [-0.3, -0.25) is 0 Å². The Morgan fingerprint density at radius 2 is 2.05 bits per heavy atom. The number of unbranched alkanes of at least 4 members (excludes halogenated alkanes) is 3. The SMILES string of the molecule is CCCCCCOC1CCc2ccccc2C1NC. The summed E-state index contributed by atoms with van der Waals surface area (Å²) in [5.74, 6) is 0. The summed E-state index contributed by atoms with van der Waals surface area (Å²) in [4.78, 5) is 0. The van der Waals surface area contributed by atoms with Crippen LogP contribution in [0.15, 0.2) is 24.3 Å². The number of rotatable bonds is 7. The van der Waals surface area contributed by atoms with Crippen LogP contribution in [0.25, 0.3) is 0 Å². The van der Waals surface area contributed by atoms with Crippen LogP contribution in [0.5, 0.6) is 0 Å². The monoisotopic (exact) mass is 261 g/mol. The predicted octanol–water partition coefficient (Wildman–Crippen LogP) is 3.86. The van der Waals surface area contributed by atoms with E-state index >= 15 is 0 Å². The van der Waals surface area contributed by atoms with E-state index in [0.717, 1.165) is 19.4 Å². The normalized spacial score (nSPS) is 22.2. The summed E-state index contributed by atoms with van der Waals surface area (Å²) in [6.45, 7) is 3.15. The third-order valence-corrected chi connectivity index (χ3v) is 4.10. The highest BCUT2D eigenvalue weighted by molar-refractivity contribution is 5.33. The quantitative estimate of drug-likeness (QED) is 0.753.